The Morgan fingerprint density at radius 3 is 2.67 bits per heavy atom. The number of hydrogen-bond acceptors (Lipinski definition) is 1. The molecule has 15 heavy (non-hydrogen) atoms. The van der Waals surface area contributed by atoms with Crippen molar-refractivity contribution in [1.29, 1.82) is 0 Å². The molecule has 3 heteroatoms. The maximum atomic E-state index is 13.1. The number of hydrogen-bond donors (Lipinski definition) is 1. The van der Waals surface area contributed by atoms with E-state index in [0.717, 1.165) is 37.1 Å². The minimum absolute atomic E-state index is 0.328. The Labute approximate surface area is 88.5 Å². The van der Waals surface area contributed by atoms with Crippen LogP contribution in [0.15, 0.2) is 12.1 Å². The lowest BCUT2D eigenvalue weighted by molar-refractivity contribution is 0.453. The van der Waals surface area contributed by atoms with Crippen LogP contribution < -0.4 is 5.32 Å². The SMILES string of the molecule is Cc1cc(F)c(F)cc1C1CCCNC1. The average Bonchev–Trinajstić information content (AvgIpc) is 2.25. The second-order valence-electron chi connectivity index (χ2n) is 4.17. The van der Waals surface area contributed by atoms with E-state index in [2.05, 4.69) is 5.32 Å². The Kier molecular flexibility index (Phi) is 3.00. The molecule has 0 aliphatic carbocycles. The lowest BCUT2D eigenvalue weighted by Crippen LogP contribution is -2.28. The summed E-state index contributed by atoms with van der Waals surface area (Å²) < 4.78 is 26.1. The lowest BCUT2D eigenvalue weighted by Gasteiger charge is -2.24. The van der Waals surface area contributed by atoms with Crippen molar-refractivity contribution in [3.8, 4) is 0 Å². The van der Waals surface area contributed by atoms with Gasteiger partial charge in [-0.1, -0.05) is 0 Å². The molecule has 0 amide bonds. The molecule has 1 nitrogen and oxygen atoms in total. The average molecular weight is 211 g/mol. The van der Waals surface area contributed by atoms with E-state index in [1.54, 1.807) is 0 Å². The van der Waals surface area contributed by atoms with Crippen molar-refractivity contribution in [2.75, 3.05) is 13.1 Å². The zero-order valence-electron chi connectivity index (χ0n) is 8.82. The highest BCUT2D eigenvalue weighted by molar-refractivity contribution is 5.31. The van der Waals surface area contributed by atoms with Gasteiger partial charge >= 0.3 is 0 Å². The number of halogens is 2. The van der Waals surface area contributed by atoms with Gasteiger partial charge in [0.25, 0.3) is 0 Å². The number of benzene rings is 1. The van der Waals surface area contributed by atoms with E-state index < -0.39 is 11.6 Å². The first-order valence-electron chi connectivity index (χ1n) is 5.34. The number of piperidine rings is 1. The number of rotatable bonds is 1. The smallest absolute Gasteiger partial charge is 0.159 e. The molecule has 1 heterocycles. The highest BCUT2D eigenvalue weighted by atomic mass is 19.2. The van der Waals surface area contributed by atoms with E-state index in [4.69, 9.17) is 0 Å². The van der Waals surface area contributed by atoms with E-state index in [9.17, 15) is 8.78 Å². The Hall–Kier alpha value is -0.960. The van der Waals surface area contributed by atoms with Gasteiger partial charge in [-0.15, -0.1) is 0 Å². The minimum atomic E-state index is -0.750. The van der Waals surface area contributed by atoms with E-state index >= 15 is 0 Å². The topological polar surface area (TPSA) is 12.0 Å². The summed E-state index contributed by atoms with van der Waals surface area (Å²) in [5.41, 5.74) is 1.80. The fourth-order valence-corrected chi connectivity index (χ4v) is 2.22. The minimum Gasteiger partial charge on any atom is -0.316 e. The molecule has 1 atom stereocenters. The third-order valence-electron chi connectivity index (χ3n) is 3.05. The van der Waals surface area contributed by atoms with Crippen molar-refractivity contribution >= 4 is 0 Å². The second kappa shape index (κ2) is 4.27. The van der Waals surface area contributed by atoms with Gasteiger partial charge in [-0.2, -0.15) is 0 Å². The summed E-state index contributed by atoms with van der Waals surface area (Å²) in [6, 6.07) is 2.64. The van der Waals surface area contributed by atoms with Crippen molar-refractivity contribution in [1.82, 2.24) is 5.32 Å². The normalized spacial score (nSPS) is 21.7. The van der Waals surface area contributed by atoms with Crippen LogP contribution in [0.3, 0.4) is 0 Å². The molecule has 0 saturated carbocycles. The molecule has 82 valence electrons. The summed E-state index contributed by atoms with van der Waals surface area (Å²) in [5, 5.41) is 3.28. The van der Waals surface area contributed by atoms with Crippen LogP contribution in [-0.4, -0.2) is 13.1 Å². The zero-order chi connectivity index (χ0) is 10.8. The Morgan fingerprint density at radius 1 is 1.27 bits per heavy atom. The van der Waals surface area contributed by atoms with Crippen LogP contribution in [0.2, 0.25) is 0 Å². The van der Waals surface area contributed by atoms with Crippen LogP contribution in [-0.2, 0) is 0 Å². The third kappa shape index (κ3) is 2.17. The summed E-state index contributed by atoms with van der Waals surface area (Å²) in [6.07, 6.45) is 2.15. The first kappa shape index (κ1) is 10.6. The van der Waals surface area contributed by atoms with Crippen molar-refractivity contribution < 1.29 is 8.78 Å². The molecule has 1 N–H and O–H groups in total. The zero-order valence-corrected chi connectivity index (χ0v) is 8.82. The van der Waals surface area contributed by atoms with Gasteiger partial charge in [0.1, 0.15) is 0 Å². The molecule has 0 radical (unpaired) electrons. The fourth-order valence-electron chi connectivity index (χ4n) is 2.22. The highest BCUT2D eigenvalue weighted by Gasteiger charge is 2.18. The standard InChI is InChI=1S/C12H15F2N/c1-8-5-11(13)12(14)6-10(8)9-3-2-4-15-7-9/h5-6,9,15H,2-4,7H2,1H3. The predicted octanol–water partition coefficient (Wildman–Crippen LogP) is 2.74. The van der Waals surface area contributed by atoms with Gasteiger partial charge in [-0.05, 0) is 55.5 Å². The van der Waals surface area contributed by atoms with Crippen molar-refractivity contribution in [2.24, 2.45) is 0 Å². The second-order valence-corrected chi connectivity index (χ2v) is 4.17. The van der Waals surface area contributed by atoms with Crippen molar-refractivity contribution in [3.63, 3.8) is 0 Å². The third-order valence-corrected chi connectivity index (χ3v) is 3.05. The maximum absolute atomic E-state index is 13.1. The van der Waals surface area contributed by atoms with Crippen LogP contribution in [0.5, 0.6) is 0 Å². The van der Waals surface area contributed by atoms with E-state index in [0.29, 0.717) is 5.92 Å². The summed E-state index contributed by atoms with van der Waals surface area (Å²) in [4.78, 5) is 0. The molecule has 1 unspecified atom stereocenters. The van der Waals surface area contributed by atoms with Crippen molar-refractivity contribution in [2.45, 2.75) is 25.7 Å². The molecule has 0 aromatic heterocycles. The van der Waals surface area contributed by atoms with Crippen LogP contribution in [0.4, 0.5) is 8.78 Å². The quantitative estimate of drug-likeness (QED) is 0.753. The number of nitrogens with one attached hydrogen (secondary N) is 1. The summed E-state index contributed by atoms with van der Waals surface area (Å²) >= 11 is 0. The van der Waals surface area contributed by atoms with Crippen LogP contribution in [0, 0.1) is 18.6 Å². The van der Waals surface area contributed by atoms with E-state index in [1.807, 2.05) is 6.92 Å². The molecule has 1 aliphatic rings. The van der Waals surface area contributed by atoms with Gasteiger partial charge in [0.2, 0.25) is 0 Å². The van der Waals surface area contributed by atoms with Gasteiger partial charge in [0.15, 0.2) is 11.6 Å². The first-order valence-corrected chi connectivity index (χ1v) is 5.34. The summed E-state index contributed by atoms with van der Waals surface area (Å²) in [6.45, 7) is 3.73. The molecular formula is C12H15F2N. The summed E-state index contributed by atoms with van der Waals surface area (Å²) in [7, 11) is 0. The van der Waals surface area contributed by atoms with Crippen LogP contribution in [0.25, 0.3) is 0 Å². The summed E-state index contributed by atoms with van der Waals surface area (Å²) in [5.74, 6) is -1.16. The predicted molar refractivity (Wildman–Crippen MR) is 55.9 cm³/mol. The van der Waals surface area contributed by atoms with Gasteiger partial charge in [-0.3, -0.25) is 0 Å². The van der Waals surface area contributed by atoms with Gasteiger partial charge in [0, 0.05) is 6.54 Å². The van der Waals surface area contributed by atoms with E-state index in [-0.39, 0.29) is 0 Å². The monoisotopic (exact) mass is 211 g/mol. The molecule has 1 aromatic carbocycles. The molecule has 1 saturated heterocycles. The Balaban J connectivity index is 2.30. The van der Waals surface area contributed by atoms with Gasteiger partial charge in [-0.25, -0.2) is 8.78 Å². The Bertz CT molecular complexity index is 357. The molecule has 0 spiro atoms. The maximum Gasteiger partial charge on any atom is 0.159 e. The van der Waals surface area contributed by atoms with Crippen LogP contribution in [0.1, 0.15) is 29.9 Å². The van der Waals surface area contributed by atoms with Gasteiger partial charge in [0.05, 0.1) is 0 Å². The van der Waals surface area contributed by atoms with Crippen LogP contribution >= 0.6 is 0 Å². The largest absolute Gasteiger partial charge is 0.316 e. The first-order chi connectivity index (χ1) is 7.18. The fraction of sp³-hybridized carbons (Fsp3) is 0.500. The molecule has 0 bridgehead atoms. The van der Waals surface area contributed by atoms with Gasteiger partial charge < -0.3 is 5.32 Å². The number of aryl methyl sites for hydroxylation is 1. The molecule has 1 fully saturated rings. The van der Waals surface area contributed by atoms with E-state index in [1.165, 1.54) is 12.1 Å². The molecule has 1 aromatic rings. The molecular weight excluding hydrogens is 196 g/mol. The molecule has 2 rings (SSSR count). The lowest BCUT2D eigenvalue weighted by atomic mass is 9.89. The Morgan fingerprint density at radius 2 is 2.00 bits per heavy atom. The van der Waals surface area contributed by atoms with Crippen molar-refractivity contribution in [3.05, 3.63) is 34.9 Å². The highest BCUT2D eigenvalue weighted by Crippen LogP contribution is 2.27. The molecule has 1 aliphatic heterocycles.